The molecule has 122 valence electrons. The van der Waals surface area contributed by atoms with E-state index in [1.165, 1.54) is 16.7 Å². The summed E-state index contributed by atoms with van der Waals surface area (Å²) in [4.78, 5) is 2.11. The maximum atomic E-state index is 5.91. The molecule has 0 amide bonds. The number of furan rings is 1. The van der Waals surface area contributed by atoms with Gasteiger partial charge >= 0.3 is 0 Å². The third-order valence-corrected chi connectivity index (χ3v) is 3.79. The molecule has 0 fully saturated rings. The fourth-order valence-electron chi connectivity index (χ4n) is 2.68. The van der Waals surface area contributed by atoms with Crippen LogP contribution in [0, 0.1) is 0 Å². The SMILES string of the molecule is CN(C)Cc1ccc(Cc2cccc(/C=C\c3ccccc3)c2)o1. The van der Waals surface area contributed by atoms with Gasteiger partial charge in [-0.05, 0) is 42.9 Å². The summed E-state index contributed by atoms with van der Waals surface area (Å²) >= 11 is 0. The van der Waals surface area contributed by atoms with Crippen molar-refractivity contribution in [3.63, 3.8) is 0 Å². The first kappa shape index (κ1) is 16.3. The van der Waals surface area contributed by atoms with E-state index in [1.54, 1.807) is 0 Å². The molecule has 0 bridgehead atoms. The molecule has 2 nitrogen and oxygen atoms in total. The molecular formula is C22H23NO. The Kier molecular flexibility index (Phi) is 5.29. The van der Waals surface area contributed by atoms with Crippen molar-refractivity contribution in [2.24, 2.45) is 0 Å². The molecular weight excluding hydrogens is 294 g/mol. The maximum Gasteiger partial charge on any atom is 0.118 e. The molecule has 0 saturated heterocycles. The van der Waals surface area contributed by atoms with Crippen LogP contribution in [0.5, 0.6) is 0 Å². The zero-order valence-corrected chi connectivity index (χ0v) is 14.3. The van der Waals surface area contributed by atoms with Gasteiger partial charge < -0.3 is 9.32 Å². The first-order valence-corrected chi connectivity index (χ1v) is 8.23. The van der Waals surface area contributed by atoms with E-state index in [9.17, 15) is 0 Å². The molecule has 0 radical (unpaired) electrons. The molecule has 0 aliphatic heterocycles. The minimum atomic E-state index is 0.820. The van der Waals surface area contributed by atoms with Gasteiger partial charge in [0.2, 0.25) is 0 Å². The number of hydrogen-bond donors (Lipinski definition) is 0. The van der Waals surface area contributed by atoms with Crippen molar-refractivity contribution in [2.75, 3.05) is 14.1 Å². The van der Waals surface area contributed by atoms with Crippen molar-refractivity contribution in [3.05, 3.63) is 94.9 Å². The zero-order chi connectivity index (χ0) is 16.8. The molecule has 0 spiro atoms. The Morgan fingerprint density at radius 1 is 0.792 bits per heavy atom. The Balaban J connectivity index is 1.69. The molecule has 2 heteroatoms. The summed E-state index contributed by atoms with van der Waals surface area (Å²) in [5.41, 5.74) is 3.68. The predicted molar refractivity (Wildman–Crippen MR) is 101 cm³/mol. The van der Waals surface area contributed by atoms with Crippen molar-refractivity contribution < 1.29 is 4.42 Å². The highest BCUT2D eigenvalue weighted by molar-refractivity contribution is 5.69. The van der Waals surface area contributed by atoms with E-state index in [-0.39, 0.29) is 0 Å². The highest BCUT2D eigenvalue weighted by atomic mass is 16.3. The van der Waals surface area contributed by atoms with Crippen molar-refractivity contribution in [1.29, 1.82) is 0 Å². The van der Waals surface area contributed by atoms with Crippen LogP contribution < -0.4 is 0 Å². The lowest BCUT2D eigenvalue weighted by molar-refractivity contribution is 0.343. The van der Waals surface area contributed by atoms with Crippen molar-refractivity contribution in [2.45, 2.75) is 13.0 Å². The molecule has 0 atom stereocenters. The summed E-state index contributed by atoms with van der Waals surface area (Å²) in [5.74, 6) is 2.02. The smallest absolute Gasteiger partial charge is 0.118 e. The highest BCUT2D eigenvalue weighted by Gasteiger charge is 2.04. The van der Waals surface area contributed by atoms with E-state index in [0.29, 0.717) is 0 Å². The first-order chi connectivity index (χ1) is 11.7. The van der Waals surface area contributed by atoms with Gasteiger partial charge in [-0.25, -0.2) is 0 Å². The molecule has 0 aliphatic rings. The highest BCUT2D eigenvalue weighted by Crippen LogP contribution is 2.16. The molecule has 0 aliphatic carbocycles. The van der Waals surface area contributed by atoms with Gasteiger partial charge in [0.25, 0.3) is 0 Å². The van der Waals surface area contributed by atoms with Gasteiger partial charge in [-0.2, -0.15) is 0 Å². The van der Waals surface area contributed by atoms with Crippen LogP contribution in [0.3, 0.4) is 0 Å². The second-order valence-electron chi connectivity index (χ2n) is 6.27. The standard InChI is InChI=1S/C22H23NO/c1-23(2)17-22-14-13-21(24-22)16-20-10-6-9-19(15-20)12-11-18-7-4-3-5-8-18/h3-15H,16-17H2,1-2H3/b12-11-. The molecule has 1 aromatic heterocycles. The van der Waals surface area contributed by atoms with E-state index in [1.807, 2.05) is 20.2 Å². The number of nitrogens with zero attached hydrogens (tertiary/aromatic N) is 1. The van der Waals surface area contributed by atoms with Crippen LogP contribution >= 0.6 is 0 Å². The molecule has 2 aromatic carbocycles. The van der Waals surface area contributed by atoms with Gasteiger partial charge in [0.05, 0.1) is 6.54 Å². The van der Waals surface area contributed by atoms with Gasteiger partial charge in [-0.1, -0.05) is 66.7 Å². The van der Waals surface area contributed by atoms with Gasteiger partial charge in [0.1, 0.15) is 11.5 Å². The van der Waals surface area contributed by atoms with E-state index in [0.717, 1.165) is 24.5 Å². The summed E-state index contributed by atoms with van der Waals surface area (Å²) in [6.07, 6.45) is 5.11. The van der Waals surface area contributed by atoms with E-state index in [4.69, 9.17) is 4.42 Å². The zero-order valence-electron chi connectivity index (χ0n) is 14.3. The fourth-order valence-corrected chi connectivity index (χ4v) is 2.68. The Morgan fingerprint density at radius 3 is 2.29 bits per heavy atom. The monoisotopic (exact) mass is 317 g/mol. The van der Waals surface area contributed by atoms with Crippen molar-refractivity contribution in [1.82, 2.24) is 4.90 Å². The fraction of sp³-hybridized carbons (Fsp3) is 0.182. The van der Waals surface area contributed by atoms with Crippen LogP contribution in [-0.4, -0.2) is 19.0 Å². The maximum absolute atomic E-state index is 5.91. The molecule has 3 aromatic rings. The average Bonchev–Trinajstić information content (AvgIpc) is 3.00. The molecule has 0 N–H and O–H groups in total. The van der Waals surface area contributed by atoms with Crippen LogP contribution in [0.1, 0.15) is 28.2 Å². The van der Waals surface area contributed by atoms with Crippen LogP contribution in [0.25, 0.3) is 12.2 Å². The Labute approximate surface area is 144 Å². The van der Waals surface area contributed by atoms with Gasteiger partial charge in [-0.3, -0.25) is 0 Å². The lowest BCUT2D eigenvalue weighted by Crippen LogP contribution is -2.09. The molecule has 0 unspecified atom stereocenters. The summed E-state index contributed by atoms with van der Waals surface area (Å²) in [7, 11) is 4.09. The summed E-state index contributed by atoms with van der Waals surface area (Å²) in [6.45, 7) is 0.833. The first-order valence-electron chi connectivity index (χ1n) is 8.23. The average molecular weight is 317 g/mol. The molecule has 1 heterocycles. The number of hydrogen-bond acceptors (Lipinski definition) is 2. The number of rotatable bonds is 6. The van der Waals surface area contributed by atoms with E-state index >= 15 is 0 Å². The lowest BCUT2D eigenvalue weighted by atomic mass is 10.1. The molecule has 24 heavy (non-hydrogen) atoms. The quantitative estimate of drug-likeness (QED) is 0.588. The van der Waals surface area contributed by atoms with Gasteiger partial charge in [0, 0.05) is 6.42 Å². The summed E-state index contributed by atoms with van der Waals surface area (Å²) in [6, 6.07) is 23.1. The predicted octanol–water partition coefficient (Wildman–Crippen LogP) is 5.10. The Bertz CT molecular complexity index is 800. The van der Waals surface area contributed by atoms with Crippen LogP contribution in [0.4, 0.5) is 0 Å². The second-order valence-corrected chi connectivity index (χ2v) is 6.27. The normalized spacial score (nSPS) is 11.5. The topological polar surface area (TPSA) is 16.4 Å². The van der Waals surface area contributed by atoms with Crippen LogP contribution in [-0.2, 0) is 13.0 Å². The lowest BCUT2D eigenvalue weighted by Gasteiger charge is -2.06. The van der Waals surface area contributed by atoms with Crippen LogP contribution in [0.15, 0.2) is 71.1 Å². The number of benzene rings is 2. The molecule has 0 saturated carbocycles. The third kappa shape index (κ3) is 4.71. The van der Waals surface area contributed by atoms with Gasteiger partial charge in [-0.15, -0.1) is 0 Å². The molecule has 3 rings (SSSR count). The second kappa shape index (κ2) is 7.80. The largest absolute Gasteiger partial charge is 0.464 e. The minimum absolute atomic E-state index is 0.820. The van der Waals surface area contributed by atoms with Crippen molar-refractivity contribution >= 4 is 12.2 Å². The van der Waals surface area contributed by atoms with Gasteiger partial charge in [0.15, 0.2) is 0 Å². The van der Waals surface area contributed by atoms with E-state index < -0.39 is 0 Å². The summed E-state index contributed by atoms with van der Waals surface area (Å²) in [5, 5.41) is 0. The van der Waals surface area contributed by atoms with E-state index in [2.05, 4.69) is 77.7 Å². The van der Waals surface area contributed by atoms with Crippen molar-refractivity contribution in [3.8, 4) is 0 Å². The minimum Gasteiger partial charge on any atom is -0.464 e. The Morgan fingerprint density at radius 2 is 1.50 bits per heavy atom. The Hall–Kier alpha value is -2.58. The van der Waals surface area contributed by atoms with Crippen LogP contribution in [0.2, 0.25) is 0 Å². The summed E-state index contributed by atoms with van der Waals surface area (Å²) < 4.78 is 5.91. The third-order valence-electron chi connectivity index (χ3n) is 3.79.